The zero-order chi connectivity index (χ0) is 13.0. The van der Waals surface area contributed by atoms with Crippen molar-refractivity contribution in [2.24, 2.45) is 0 Å². The van der Waals surface area contributed by atoms with Crippen molar-refractivity contribution in [3.63, 3.8) is 0 Å². The number of carbonyl (C=O) groups excluding carboxylic acids is 1. The summed E-state index contributed by atoms with van der Waals surface area (Å²) in [4.78, 5) is 22.7. The highest BCUT2D eigenvalue weighted by atomic mass is 16.5. The lowest BCUT2D eigenvalue weighted by Crippen LogP contribution is -2.14. The number of aryl methyl sites for hydroxylation is 1. The van der Waals surface area contributed by atoms with Crippen LogP contribution in [0.25, 0.3) is 0 Å². The number of carboxylic acids is 1. The van der Waals surface area contributed by atoms with Gasteiger partial charge >= 0.3 is 11.9 Å². The maximum absolute atomic E-state index is 11.6. The monoisotopic (exact) mass is 238 g/mol. The topological polar surface area (TPSA) is 83.8 Å². The molecule has 17 heavy (non-hydrogen) atoms. The summed E-state index contributed by atoms with van der Waals surface area (Å²) in [7, 11) is 1.20. The van der Waals surface area contributed by atoms with Gasteiger partial charge < -0.3 is 14.9 Å². The molecule has 0 bridgehead atoms. The van der Waals surface area contributed by atoms with Crippen molar-refractivity contribution in [1.29, 1.82) is 0 Å². The lowest BCUT2D eigenvalue weighted by Gasteiger charge is -2.11. The third-order valence-electron chi connectivity index (χ3n) is 2.46. The van der Waals surface area contributed by atoms with Gasteiger partial charge in [0.25, 0.3) is 0 Å². The van der Waals surface area contributed by atoms with Crippen molar-refractivity contribution < 1.29 is 24.5 Å². The van der Waals surface area contributed by atoms with Crippen molar-refractivity contribution in [2.45, 2.75) is 20.0 Å². The Morgan fingerprint density at radius 2 is 2.00 bits per heavy atom. The molecule has 1 rings (SSSR count). The van der Waals surface area contributed by atoms with Gasteiger partial charge in [-0.05, 0) is 23.6 Å². The van der Waals surface area contributed by atoms with Crippen molar-refractivity contribution in [3.8, 4) is 0 Å². The van der Waals surface area contributed by atoms with Crippen LogP contribution in [0.2, 0.25) is 0 Å². The molecule has 92 valence electrons. The van der Waals surface area contributed by atoms with Crippen molar-refractivity contribution in [2.75, 3.05) is 7.11 Å². The van der Waals surface area contributed by atoms with Gasteiger partial charge in [0, 0.05) is 0 Å². The Hall–Kier alpha value is -1.88. The maximum Gasteiger partial charge on any atom is 0.339 e. The fourth-order valence-electron chi connectivity index (χ4n) is 1.65. The summed E-state index contributed by atoms with van der Waals surface area (Å²) in [5.74, 6) is -1.89. The summed E-state index contributed by atoms with van der Waals surface area (Å²) < 4.78 is 4.58. The Bertz CT molecular complexity index is 450. The summed E-state index contributed by atoms with van der Waals surface area (Å²) in [5, 5.41) is 18.1. The van der Waals surface area contributed by atoms with Gasteiger partial charge in [-0.15, -0.1) is 0 Å². The lowest BCUT2D eigenvalue weighted by atomic mass is 9.96. The number of methoxy groups -OCH3 is 1. The van der Waals surface area contributed by atoms with Crippen LogP contribution in [0.4, 0.5) is 0 Å². The molecule has 1 aromatic carbocycles. The average molecular weight is 238 g/mol. The van der Waals surface area contributed by atoms with E-state index < -0.39 is 11.9 Å². The van der Waals surface area contributed by atoms with Gasteiger partial charge in [0.1, 0.15) is 0 Å². The number of aliphatic hydroxyl groups is 1. The third-order valence-corrected chi connectivity index (χ3v) is 2.46. The zero-order valence-electron chi connectivity index (χ0n) is 9.69. The van der Waals surface area contributed by atoms with Crippen LogP contribution in [0.5, 0.6) is 0 Å². The molecule has 0 atom stereocenters. The average Bonchev–Trinajstić information content (AvgIpc) is 2.35. The van der Waals surface area contributed by atoms with E-state index in [4.69, 9.17) is 10.2 Å². The van der Waals surface area contributed by atoms with Gasteiger partial charge in [-0.25, -0.2) is 9.59 Å². The Morgan fingerprint density at radius 1 is 1.35 bits per heavy atom. The van der Waals surface area contributed by atoms with Crippen molar-refractivity contribution >= 4 is 11.9 Å². The fourth-order valence-corrected chi connectivity index (χ4v) is 1.65. The number of carboxylic acid groups (broad SMARTS) is 1. The molecule has 5 nitrogen and oxygen atoms in total. The summed E-state index contributed by atoms with van der Waals surface area (Å²) in [6.07, 6.45) is 0.485. The van der Waals surface area contributed by atoms with Crippen LogP contribution in [-0.4, -0.2) is 29.3 Å². The first kappa shape index (κ1) is 13.2. The van der Waals surface area contributed by atoms with Crippen LogP contribution >= 0.6 is 0 Å². The molecule has 0 aliphatic rings. The number of carbonyl (C=O) groups is 2. The van der Waals surface area contributed by atoms with E-state index in [0.717, 1.165) is 0 Å². The molecular formula is C12H14O5. The summed E-state index contributed by atoms with van der Waals surface area (Å²) >= 11 is 0. The zero-order valence-corrected chi connectivity index (χ0v) is 9.69. The van der Waals surface area contributed by atoms with E-state index in [1.54, 1.807) is 13.0 Å². The van der Waals surface area contributed by atoms with Gasteiger partial charge in [-0.2, -0.15) is 0 Å². The highest BCUT2D eigenvalue weighted by Crippen LogP contribution is 2.20. The van der Waals surface area contributed by atoms with E-state index >= 15 is 0 Å². The Kier molecular flexibility index (Phi) is 4.23. The number of esters is 1. The first-order valence-corrected chi connectivity index (χ1v) is 5.13. The van der Waals surface area contributed by atoms with Crippen LogP contribution in [0.1, 0.15) is 38.8 Å². The van der Waals surface area contributed by atoms with Crippen LogP contribution in [-0.2, 0) is 17.8 Å². The Balaban J connectivity index is 3.52. The maximum atomic E-state index is 11.6. The molecule has 0 amide bonds. The molecule has 0 fully saturated rings. The van der Waals surface area contributed by atoms with E-state index in [-0.39, 0.29) is 17.7 Å². The number of ether oxygens (including phenoxy) is 1. The van der Waals surface area contributed by atoms with Gasteiger partial charge in [0.05, 0.1) is 24.8 Å². The summed E-state index contributed by atoms with van der Waals surface area (Å²) in [5.41, 5.74) is 0.938. The number of aliphatic hydroxyl groups excluding tert-OH is 1. The van der Waals surface area contributed by atoms with Crippen molar-refractivity contribution in [1.82, 2.24) is 0 Å². The molecular weight excluding hydrogens is 224 g/mol. The van der Waals surface area contributed by atoms with Crippen LogP contribution < -0.4 is 0 Å². The molecule has 0 spiro atoms. The molecule has 1 aromatic rings. The predicted molar refractivity (Wildman–Crippen MR) is 60.0 cm³/mol. The standard InChI is InChI=1S/C12H14O5/c1-3-8-4-7(6-13)5-9(11(14)15)10(8)12(16)17-2/h4-5,13H,3,6H2,1-2H3,(H,14,15). The molecule has 0 heterocycles. The van der Waals surface area contributed by atoms with Gasteiger partial charge in [-0.3, -0.25) is 0 Å². The molecule has 0 saturated carbocycles. The molecule has 0 aromatic heterocycles. The van der Waals surface area contributed by atoms with E-state index in [1.807, 2.05) is 0 Å². The van der Waals surface area contributed by atoms with E-state index in [2.05, 4.69) is 4.74 Å². The third kappa shape index (κ3) is 2.62. The summed E-state index contributed by atoms with van der Waals surface area (Å²) in [6, 6.07) is 2.90. The predicted octanol–water partition coefficient (Wildman–Crippen LogP) is 1.23. The number of hydrogen-bond acceptors (Lipinski definition) is 4. The smallest absolute Gasteiger partial charge is 0.339 e. The van der Waals surface area contributed by atoms with Gasteiger partial charge in [-0.1, -0.05) is 13.0 Å². The second kappa shape index (κ2) is 5.45. The number of hydrogen-bond donors (Lipinski definition) is 2. The first-order chi connectivity index (χ1) is 8.04. The van der Waals surface area contributed by atoms with Crippen LogP contribution in [0, 0.1) is 0 Å². The van der Waals surface area contributed by atoms with Crippen LogP contribution in [0.3, 0.4) is 0 Å². The minimum Gasteiger partial charge on any atom is -0.478 e. The van der Waals surface area contributed by atoms with Crippen molar-refractivity contribution in [3.05, 3.63) is 34.4 Å². The lowest BCUT2D eigenvalue weighted by molar-refractivity contribution is 0.0581. The SMILES string of the molecule is CCc1cc(CO)cc(C(=O)O)c1C(=O)OC. The molecule has 2 N–H and O–H groups in total. The molecule has 0 aliphatic heterocycles. The number of rotatable bonds is 4. The molecule has 0 radical (unpaired) electrons. The highest BCUT2D eigenvalue weighted by Gasteiger charge is 2.21. The van der Waals surface area contributed by atoms with E-state index in [9.17, 15) is 9.59 Å². The van der Waals surface area contributed by atoms with E-state index in [1.165, 1.54) is 13.2 Å². The highest BCUT2D eigenvalue weighted by molar-refractivity contribution is 6.03. The number of aromatic carboxylic acids is 1. The fraction of sp³-hybridized carbons (Fsp3) is 0.333. The minimum atomic E-state index is -1.21. The molecule has 5 heteroatoms. The van der Waals surface area contributed by atoms with E-state index in [0.29, 0.717) is 17.5 Å². The Morgan fingerprint density at radius 3 is 2.41 bits per heavy atom. The summed E-state index contributed by atoms with van der Waals surface area (Å²) in [6.45, 7) is 1.53. The van der Waals surface area contributed by atoms with Gasteiger partial charge in [0.2, 0.25) is 0 Å². The van der Waals surface area contributed by atoms with Crippen LogP contribution in [0.15, 0.2) is 12.1 Å². The quantitative estimate of drug-likeness (QED) is 0.770. The normalized spacial score (nSPS) is 10.1. The molecule has 0 aliphatic carbocycles. The first-order valence-electron chi connectivity index (χ1n) is 5.13. The Labute approximate surface area is 98.6 Å². The molecule has 0 saturated heterocycles. The second-order valence-corrected chi connectivity index (χ2v) is 3.49. The van der Waals surface area contributed by atoms with Gasteiger partial charge in [0.15, 0.2) is 0 Å². The largest absolute Gasteiger partial charge is 0.478 e. The number of benzene rings is 1. The molecule has 0 unspecified atom stereocenters. The second-order valence-electron chi connectivity index (χ2n) is 3.49. The minimum absolute atomic E-state index is 0.0553.